The Morgan fingerprint density at radius 3 is 2.47 bits per heavy atom. The molecule has 3 aliphatic rings. The van der Waals surface area contributed by atoms with Gasteiger partial charge in [0.2, 0.25) is 0 Å². The minimum absolute atomic E-state index is 0.0488. The van der Waals surface area contributed by atoms with Crippen molar-refractivity contribution in [3.8, 4) is 11.8 Å². The van der Waals surface area contributed by atoms with Gasteiger partial charge in [0, 0.05) is 0 Å². The highest BCUT2D eigenvalue weighted by atomic mass is 16.5. The van der Waals surface area contributed by atoms with Gasteiger partial charge in [0.05, 0.1) is 17.6 Å². The SMILES string of the molecule is C/C=C/CCC1CCC(C2CCC3C(CCCC3C(=O)Oc3ccc(C#N)cc3)C2)CC1. The second kappa shape index (κ2) is 11.2. The lowest BCUT2D eigenvalue weighted by Gasteiger charge is -2.46. The van der Waals surface area contributed by atoms with Crippen molar-refractivity contribution in [2.75, 3.05) is 0 Å². The second-order valence-electron chi connectivity index (χ2n) is 10.5. The van der Waals surface area contributed by atoms with Crippen LogP contribution in [-0.2, 0) is 4.79 Å². The largest absolute Gasteiger partial charge is 0.426 e. The Morgan fingerprint density at radius 2 is 1.75 bits per heavy atom. The molecule has 4 unspecified atom stereocenters. The van der Waals surface area contributed by atoms with Gasteiger partial charge < -0.3 is 4.74 Å². The lowest BCUT2D eigenvalue weighted by molar-refractivity contribution is -0.144. The molecule has 0 radical (unpaired) electrons. The quantitative estimate of drug-likeness (QED) is 0.266. The smallest absolute Gasteiger partial charge is 0.314 e. The van der Waals surface area contributed by atoms with Crippen LogP contribution in [0.3, 0.4) is 0 Å². The Kier molecular flexibility index (Phi) is 8.06. The molecule has 1 aromatic rings. The summed E-state index contributed by atoms with van der Waals surface area (Å²) in [6.45, 7) is 2.12. The number of rotatable bonds is 6. The number of nitrogens with zero attached hydrogens (tertiary/aromatic N) is 1. The summed E-state index contributed by atoms with van der Waals surface area (Å²) in [4.78, 5) is 13.0. The Morgan fingerprint density at radius 1 is 1.00 bits per heavy atom. The van der Waals surface area contributed by atoms with Crippen LogP contribution in [0.4, 0.5) is 0 Å². The van der Waals surface area contributed by atoms with E-state index in [-0.39, 0.29) is 11.9 Å². The van der Waals surface area contributed by atoms with E-state index in [1.54, 1.807) is 24.3 Å². The monoisotopic (exact) mass is 433 g/mol. The first-order valence-corrected chi connectivity index (χ1v) is 13.0. The van der Waals surface area contributed by atoms with Gasteiger partial charge in [-0.1, -0.05) is 37.8 Å². The number of carbonyl (C=O) groups is 1. The van der Waals surface area contributed by atoms with E-state index in [0.29, 0.717) is 23.1 Å². The van der Waals surface area contributed by atoms with Crippen molar-refractivity contribution in [1.82, 2.24) is 0 Å². The number of allylic oxidation sites excluding steroid dienone is 2. The molecule has 0 bridgehead atoms. The fourth-order valence-corrected chi connectivity index (χ4v) is 6.96. The van der Waals surface area contributed by atoms with Crippen molar-refractivity contribution in [2.45, 2.75) is 84.0 Å². The van der Waals surface area contributed by atoms with E-state index in [9.17, 15) is 4.79 Å². The van der Waals surface area contributed by atoms with Gasteiger partial charge in [-0.3, -0.25) is 4.79 Å². The van der Waals surface area contributed by atoms with Crippen LogP contribution in [0.5, 0.6) is 5.75 Å². The van der Waals surface area contributed by atoms with Crippen LogP contribution in [0.15, 0.2) is 36.4 Å². The second-order valence-corrected chi connectivity index (χ2v) is 10.5. The molecule has 3 fully saturated rings. The normalized spacial score (nSPS) is 32.8. The Balaban J connectivity index is 1.28. The first-order chi connectivity index (χ1) is 15.7. The van der Waals surface area contributed by atoms with E-state index in [2.05, 4.69) is 25.1 Å². The zero-order chi connectivity index (χ0) is 22.3. The summed E-state index contributed by atoms with van der Waals surface area (Å²) < 4.78 is 5.74. The molecule has 172 valence electrons. The predicted molar refractivity (Wildman–Crippen MR) is 128 cm³/mol. The van der Waals surface area contributed by atoms with Crippen LogP contribution >= 0.6 is 0 Å². The molecule has 4 atom stereocenters. The fourth-order valence-electron chi connectivity index (χ4n) is 6.96. The average molecular weight is 434 g/mol. The minimum Gasteiger partial charge on any atom is -0.426 e. The third-order valence-electron chi connectivity index (χ3n) is 8.73. The molecule has 3 aliphatic carbocycles. The molecule has 0 saturated heterocycles. The highest BCUT2D eigenvalue weighted by molar-refractivity contribution is 5.75. The lowest BCUT2D eigenvalue weighted by Crippen LogP contribution is -2.40. The molecule has 3 heteroatoms. The lowest BCUT2D eigenvalue weighted by atomic mass is 9.59. The van der Waals surface area contributed by atoms with E-state index >= 15 is 0 Å². The summed E-state index contributed by atoms with van der Waals surface area (Å²) in [5, 5.41) is 8.96. The van der Waals surface area contributed by atoms with Gasteiger partial charge in [-0.25, -0.2) is 0 Å². The van der Waals surface area contributed by atoms with Gasteiger partial charge in [-0.05, 0) is 112 Å². The van der Waals surface area contributed by atoms with Gasteiger partial charge in [0.1, 0.15) is 5.75 Å². The summed E-state index contributed by atoms with van der Waals surface area (Å²) in [7, 11) is 0. The fraction of sp³-hybridized carbons (Fsp3) is 0.655. The topological polar surface area (TPSA) is 50.1 Å². The molecule has 4 rings (SSSR count). The van der Waals surface area contributed by atoms with E-state index in [1.165, 1.54) is 64.2 Å². The average Bonchev–Trinajstić information content (AvgIpc) is 2.84. The van der Waals surface area contributed by atoms with Crippen LogP contribution in [0.1, 0.15) is 89.5 Å². The third kappa shape index (κ3) is 5.64. The number of hydrogen-bond donors (Lipinski definition) is 0. The van der Waals surface area contributed by atoms with Crippen molar-refractivity contribution >= 4 is 5.97 Å². The molecule has 0 aliphatic heterocycles. The number of esters is 1. The summed E-state index contributed by atoms with van der Waals surface area (Å²) in [5.41, 5.74) is 0.590. The van der Waals surface area contributed by atoms with Crippen molar-refractivity contribution in [3.63, 3.8) is 0 Å². The first-order valence-electron chi connectivity index (χ1n) is 13.0. The number of carbonyl (C=O) groups excluding carboxylic acids is 1. The minimum atomic E-state index is -0.0514. The van der Waals surface area contributed by atoms with Gasteiger partial charge >= 0.3 is 5.97 Å². The Labute approximate surface area is 194 Å². The molecule has 3 nitrogen and oxygen atoms in total. The molecular weight excluding hydrogens is 394 g/mol. The van der Waals surface area contributed by atoms with Crippen molar-refractivity contribution in [3.05, 3.63) is 42.0 Å². The molecule has 0 spiro atoms. The van der Waals surface area contributed by atoms with Gasteiger partial charge in [0.15, 0.2) is 0 Å². The number of nitriles is 1. The van der Waals surface area contributed by atoms with E-state index in [4.69, 9.17) is 10.00 Å². The molecule has 0 amide bonds. The summed E-state index contributed by atoms with van der Waals surface area (Å²) >= 11 is 0. The third-order valence-corrected chi connectivity index (χ3v) is 8.73. The van der Waals surface area contributed by atoms with Crippen molar-refractivity contribution in [1.29, 1.82) is 5.26 Å². The molecule has 0 aromatic heterocycles. The number of fused-ring (bicyclic) bond motifs is 1. The maximum absolute atomic E-state index is 13.0. The maximum atomic E-state index is 13.0. The number of benzene rings is 1. The summed E-state index contributed by atoms with van der Waals surface area (Å²) in [5.74, 6) is 4.50. The van der Waals surface area contributed by atoms with E-state index in [0.717, 1.165) is 30.6 Å². The van der Waals surface area contributed by atoms with Crippen LogP contribution in [-0.4, -0.2) is 5.97 Å². The first kappa shape index (κ1) is 23.1. The van der Waals surface area contributed by atoms with Gasteiger partial charge in [-0.2, -0.15) is 5.26 Å². The van der Waals surface area contributed by atoms with Gasteiger partial charge in [0.25, 0.3) is 0 Å². The van der Waals surface area contributed by atoms with Crippen LogP contribution in [0, 0.1) is 46.8 Å². The number of ether oxygens (including phenoxy) is 1. The Hall–Kier alpha value is -2.08. The molecule has 32 heavy (non-hydrogen) atoms. The van der Waals surface area contributed by atoms with Gasteiger partial charge in [-0.15, -0.1) is 0 Å². The highest BCUT2D eigenvalue weighted by Crippen LogP contribution is 2.50. The summed E-state index contributed by atoms with van der Waals surface area (Å²) in [6, 6.07) is 9.02. The molecule has 0 heterocycles. The standard InChI is InChI=1S/C29H39NO2/c1-2-3-4-6-21-9-13-23(14-10-21)24-15-18-27-25(19-24)7-5-8-28(27)29(31)32-26-16-11-22(20-30)12-17-26/h2-3,11-12,16-17,21,23-25,27-28H,4-10,13-15,18-19H2,1H3/b3-2+. The number of hydrogen-bond acceptors (Lipinski definition) is 3. The molecular formula is C29H39NO2. The molecule has 0 N–H and O–H groups in total. The Bertz CT molecular complexity index is 813. The highest BCUT2D eigenvalue weighted by Gasteiger charge is 2.43. The molecule has 1 aromatic carbocycles. The van der Waals surface area contributed by atoms with E-state index < -0.39 is 0 Å². The maximum Gasteiger partial charge on any atom is 0.314 e. The summed E-state index contributed by atoms with van der Waals surface area (Å²) in [6.07, 6.45) is 20.1. The van der Waals surface area contributed by atoms with Crippen LogP contribution in [0.25, 0.3) is 0 Å². The zero-order valence-corrected chi connectivity index (χ0v) is 19.7. The zero-order valence-electron chi connectivity index (χ0n) is 19.7. The van der Waals surface area contributed by atoms with Crippen molar-refractivity contribution in [2.24, 2.45) is 35.5 Å². The molecule has 3 saturated carbocycles. The van der Waals surface area contributed by atoms with Crippen LogP contribution < -0.4 is 4.74 Å². The van der Waals surface area contributed by atoms with E-state index in [1.807, 2.05) is 0 Å². The van der Waals surface area contributed by atoms with Crippen molar-refractivity contribution < 1.29 is 9.53 Å². The predicted octanol–water partition coefficient (Wildman–Crippen LogP) is 7.46. The van der Waals surface area contributed by atoms with Crippen LogP contribution in [0.2, 0.25) is 0 Å².